The number of anilines is 1. The summed E-state index contributed by atoms with van der Waals surface area (Å²) in [6, 6.07) is 15.9. The number of halogens is 2. The number of nitrogens with zero attached hydrogens (tertiary/aromatic N) is 2. The molecule has 2 heterocycles. The maximum absolute atomic E-state index is 13.6. The van der Waals surface area contributed by atoms with Crippen LogP contribution in [0.15, 0.2) is 78.0 Å². The number of hydrogen-bond acceptors (Lipinski definition) is 4. The van der Waals surface area contributed by atoms with Crippen LogP contribution in [0.25, 0.3) is 0 Å². The molecular formula is C21H19F2N3O2S. The molecule has 1 fully saturated rings. The first-order chi connectivity index (χ1) is 13.9. The molecule has 4 rings (SSSR count). The highest BCUT2D eigenvalue weighted by molar-refractivity contribution is 7.89. The van der Waals surface area contributed by atoms with Gasteiger partial charge in [0.1, 0.15) is 4.90 Å². The van der Waals surface area contributed by atoms with Gasteiger partial charge in [-0.3, -0.25) is 4.98 Å². The fraction of sp³-hybridized carbons (Fsp3) is 0.190. The lowest BCUT2D eigenvalue weighted by Crippen LogP contribution is -2.32. The van der Waals surface area contributed by atoms with Crippen LogP contribution in [-0.2, 0) is 10.0 Å². The van der Waals surface area contributed by atoms with E-state index in [1.165, 1.54) is 28.8 Å². The van der Waals surface area contributed by atoms with Gasteiger partial charge in [-0.1, -0.05) is 30.3 Å². The first kappa shape index (κ1) is 19.5. The lowest BCUT2D eigenvalue weighted by Gasteiger charge is -2.21. The maximum Gasteiger partial charge on any atom is 0.244 e. The van der Waals surface area contributed by atoms with Crippen LogP contribution in [0.5, 0.6) is 0 Å². The Morgan fingerprint density at radius 3 is 2.45 bits per heavy atom. The molecule has 0 radical (unpaired) electrons. The molecule has 0 aliphatic carbocycles. The fourth-order valence-corrected chi connectivity index (χ4v) is 5.05. The molecular weight excluding hydrogens is 396 g/mol. The number of benzene rings is 2. The molecule has 0 saturated carbocycles. The highest BCUT2D eigenvalue weighted by atomic mass is 32.2. The van der Waals surface area contributed by atoms with E-state index in [2.05, 4.69) is 10.3 Å². The van der Waals surface area contributed by atoms with Crippen LogP contribution in [0.3, 0.4) is 0 Å². The van der Waals surface area contributed by atoms with E-state index < -0.39 is 21.7 Å². The van der Waals surface area contributed by atoms with Crippen molar-refractivity contribution < 1.29 is 17.2 Å². The molecule has 3 aromatic rings. The fourth-order valence-electron chi connectivity index (χ4n) is 3.60. The van der Waals surface area contributed by atoms with Crippen LogP contribution in [0.4, 0.5) is 14.5 Å². The Bertz CT molecular complexity index is 1100. The molecule has 5 nitrogen and oxygen atoms in total. The van der Waals surface area contributed by atoms with E-state index in [9.17, 15) is 17.2 Å². The van der Waals surface area contributed by atoms with Gasteiger partial charge in [-0.25, -0.2) is 17.2 Å². The zero-order valence-corrected chi connectivity index (χ0v) is 16.2. The van der Waals surface area contributed by atoms with Gasteiger partial charge in [-0.05, 0) is 29.8 Å². The van der Waals surface area contributed by atoms with Crippen molar-refractivity contribution in [3.63, 3.8) is 0 Å². The van der Waals surface area contributed by atoms with E-state index in [4.69, 9.17) is 0 Å². The van der Waals surface area contributed by atoms with Crippen molar-refractivity contribution in [3.8, 4) is 0 Å². The molecule has 1 aliphatic heterocycles. The molecule has 29 heavy (non-hydrogen) atoms. The minimum absolute atomic E-state index is 0.125. The first-order valence-electron chi connectivity index (χ1n) is 9.12. The number of hydrogen-bond donors (Lipinski definition) is 1. The molecule has 2 aromatic carbocycles. The summed E-state index contributed by atoms with van der Waals surface area (Å²) in [5.41, 5.74) is 1.37. The van der Waals surface area contributed by atoms with Gasteiger partial charge in [0.2, 0.25) is 10.0 Å². The molecule has 1 N–H and O–H groups in total. The second-order valence-electron chi connectivity index (χ2n) is 6.91. The highest BCUT2D eigenvalue weighted by Gasteiger charge is 2.40. The summed E-state index contributed by atoms with van der Waals surface area (Å²) in [7, 11) is -3.72. The van der Waals surface area contributed by atoms with E-state index in [-0.39, 0.29) is 29.9 Å². The van der Waals surface area contributed by atoms with Gasteiger partial charge in [0.15, 0.2) is 11.6 Å². The summed E-state index contributed by atoms with van der Waals surface area (Å²) in [4.78, 5) is 4.03. The molecule has 150 valence electrons. The third kappa shape index (κ3) is 3.99. The van der Waals surface area contributed by atoms with Crippen LogP contribution in [0.2, 0.25) is 0 Å². The van der Waals surface area contributed by atoms with Crippen LogP contribution in [-0.4, -0.2) is 36.8 Å². The van der Waals surface area contributed by atoms with Crippen LogP contribution in [0.1, 0.15) is 11.5 Å². The Labute approximate surface area is 168 Å². The average molecular weight is 415 g/mol. The largest absolute Gasteiger partial charge is 0.380 e. The van der Waals surface area contributed by atoms with E-state index in [1.807, 2.05) is 30.3 Å². The van der Waals surface area contributed by atoms with E-state index in [0.717, 1.165) is 17.7 Å². The summed E-state index contributed by atoms with van der Waals surface area (Å²) >= 11 is 0. The molecule has 0 bridgehead atoms. The standard InChI is InChI=1S/C21H19F2N3O2S/c22-19-9-8-16(11-20(19)23)25-21-14-26(13-18(21)15-5-2-1-3-6-15)29(27,28)17-7-4-10-24-12-17/h1-12,18,21,25H,13-14H2. The maximum atomic E-state index is 13.6. The zero-order valence-electron chi connectivity index (χ0n) is 15.4. The van der Waals surface area contributed by atoms with Gasteiger partial charge >= 0.3 is 0 Å². The summed E-state index contributed by atoms with van der Waals surface area (Å²) in [6.45, 7) is 0.457. The molecule has 1 aliphatic rings. The van der Waals surface area contributed by atoms with Gasteiger partial charge < -0.3 is 5.32 Å². The van der Waals surface area contributed by atoms with Crippen LogP contribution < -0.4 is 5.32 Å². The van der Waals surface area contributed by atoms with Crippen molar-refractivity contribution >= 4 is 15.7 Å². The van der Waals surface area contributed by atoms with Crippen molar-refractivity contribution in [2.45, 2.75) is 16.9 Å². The monoisotopic (exact) mass is 415 g/mol. The number of aromatic nitrogens is 1. The van der Waals surface area contributed by atoms with E-state index in [0.29, 0.717) is 5.69 Å². The minimum atomic E-state index is -3.72. The second kappa shape index (κ2) is 7.88. The highest BCUT2D eigenvalue weighted by Crippen LogP contribution is 2.33. The third-order valence-electron chi connectivity index (χ3n) is 5.06. The Kier molecular flexibility index (Phi) is 5.29. The predicted molar refractivity (Wildman–Crippen MR) is 106 cm³/mol. The Hall–Kier alpha value is -2.84. The zero-order chi connectivity index (χ0) is 20.4. The number of pyridine rings is 1. The average Bonchev–Trinajstić information content (AvgIpc) is 3.17. The Morgan fingerprint density at radius 1 is 0.966 bits per heavy atom. The molecule has 1 saturated heterocycles. The lowest BCUT2D eigenvalue weighted by atomic mass is 9.94. The van der Waals surface area contributed by atoms with Gasteiger partial charge in [0.05, 0.1) is 0 Å². The van der Waals surface area contributed by atoms with Crippen molar-refractivity contribution in [2.75, 3.05) is 18.4 Å². The van der Waals surface area contributed by atoms with Gasteiger partial charge in [-0.2, -0.15) is 4.31 Å². The molecule has 0 spiro atoms. The molecule has 1 aromatic heterocycles. The van der Waals surface area contributed by atoms with Crippen molar-refractivity contribution in [1.29, 1.82) is 0 Å². The van der Waals surface area contributed by atoms with Gasteiger partial charge in [0.25, 0.3) is 0 Å². The molecule has 2 unspecified atom stereocenters. The Balaban J connectivity index is 1.65. The van der Waals surface area contributed by atoms with Crippen LogP contribution in [0, 0.1) is 11.6 Å². The van der Waals surface area contributed by atoms with Crippen molar-refractivity contribution in [2.24, 2.45) is 0 Å². The number of sulfonamides is 1. The van der Waals surface area contributed by atoms with Crippen LogP contribution >= 0.6 is 0 Å². The molecule has 0 amide bonds. The van der Waals surface area contributed by atoms with Crippen molar-refractivity contribution in [1.82, 2.24) is 9.29 Å². The SMILES string of the molecule is O=S(=O)(c1cccnc1)N1CC(Nc2ccc(F)c(F)c2)C(c2ccccc2)C1. The molecule has 8 heteroatoms. The minimum Gasteiger partial charge on any atom is -0.380 e. The van der Waals surface area contributed by atoms with Gasteiger partial charge in [-0.15, -0.1) is 0 Å². The normalized spacial score (nSPS) is 19.9. The summed E-state index contributed by atoms with van der Waals surface area (Å²) < 4.78 is 54.4. The van der Waals surface area contributed by atoms with Crippen molar-refractivity contribution in [3.05, 3.63) is 90.3 Å². The smallest absolute Gasteiger partial charge is 0.244 e. The summed E-state index contributed by atoms with van der Waals surface area (Å²) in [6.07, 6.45) is 2.84. The third-order valence-corrected chi connectivity index (χ3v) is 6.87. The van der Waals surface area contributed by atoms with Gasteiger partial charge in [0, 0.05) is 49.2 Å². The predicted octanol–water partition coefficient (Wildman–Crippen LogP) is 3.63. The lowest BCUT2D eigenvalue weighted by molar-refractivity contribution is 0.471. The number of nitrogens with one attached hydrogen (secondary N) is 1. The van der Waals surface area contributed by atoms with E-state index in [1.54, 1.807) is 6.07 Å². The Morgan fingerprint density at radius 2 is 1.76 bits per heavy atom. The second-order valence-corrected chi connectivity index (χ2v) is 8.85. The molecule has 2 atom stereocenters. The topological polar surface area (TPSA) is 62.3 Å². The quantitative estimate of drug-likeness (QED) is 0.691. The van der Waals surface area contributed by atoms with E-state index >= 15 is 0 Å². The first-order valence-corrected chi connectivity index (χ1v) is 10.6. The summed E-state index contributed by atoms with van der Waals surface area (Å²) in [5, 5.41) is 3.18. The summed E-state index contributed by atoms with van der Waals surface area (Å²) in [5.74, 6) is -2.04. The number of rotatable bonds is 5.